The van der Waals surface area contributed by atoms with Crippen LogP contribution in [0.4, 0.5) is 0 Å². The number of rotatable bonds is 4. The smallest absolute Gasteiger partial charge is 0.244 e. The standard InChI is InChI=1S/C13H17NO2/c1-10-5-3-4-6-12(10)7-8-13(16)14-11(2)9-15/h3-8,11,15H,9H2,1-2H3,(H,14,16)/t11-/m1/s1. The van der Waals surface area contributed by atoms with E-state index in [0.717, 1.165) is 11.1 Å². The van der Waals surface area contributed by atoms with Crippen LogP contribution >= 0.6 is 0 Å². The first-order valence-electron chi connectivity index (χ1n) is 5.28. The third-order valence-electron chi connectivity index (χ3n) is 2.27. The molecule has 16 heavy (non-hydrogen) atoms. The molecule has 3 nitrogen and oxygen atoms in total. The lowest BCUT2D eigenvalue weighted by atomic mass is 10.1. The number of aliphatic hydroxyl groups is 1. The first-order chi connectivity index (χ1) is 7.63. The Kier molecular flexibility index (Phi) is 4.73. The second-order valence-corrected chi connectivity index (χ2v) is 3.78. The highest BCUT2D eigenvalue weighted by molar-refractivity contribution is 5.92. The zero-order valence-electron chi connectivity index (χ0n) is 9.60. The van der Waals surface area contributed by atoms with Gasteiger partial charge in [0.2, 0.25) is 5.91 Å². The third kappa shape index (κ3) is 3.87. The van der Waals surface area contributed by atoms with E-state index < -0.39 is 0 Å². The molecular formula is C13H17NO2. The van der Waals surface area contributed by atoms with Crippen LogP contribution in [0.1, 0.15) is 18.1 Å². The first-order valence-corrected chi connectivity index (χ1v) is 5.28. The topological polar surface area (TPSA) is 49.3 Å². The Hall–Kier alpha value is -1.61. The maximum Gasteiger partial charge on any atom is 0.244 e. The van der Waals surface area contributed by atoms with Crippen LogP contribution in [0.5, 0.6) is 0 Å². The van der Waals surface area contributed by atoms with Gasteiger partial charge in [-0.05, 0) is 31.1 Å². The van der Waals surface area contributed by atoms with Crippen molar-refractivity contribution in [2.45, 2.75) is 19.9 Å². The summed E-state index contributed by atoms with van der Waals surface area (Å²) in [7, 11) is 0. The minimum atomic E-state index is -0.214. The maximum atomic E-state index is 11.4. The highest BCUT2D eigenvalue weighted by Gasteiger charge is 2.01. The molecule has 86 valence electrons. The zero-order chi connectivity index (χ0) is 12.0. The van der Waals surface area contributed by atoms with Gasteiger partial charge in [-0.25, -0.2) is 0 Å². The normalized spacial score (nSPS) is 12.7. The molecule has 0 aliphatic heterocycles. The van der Waals surface area contributed by atoms with Crippen molar-refractivity contribution in [3.8, 4) is 0 Å². The maximum absolute atomic E-state index is 11.4. The molecule has 3 heteroatoms. The number of nitrogens with one attached hydrogen (secondary N) is 1. The van der Waals surface area contributed by atoms with Crippen molar-refractivity contribution in [1.29, 1.82) is 0 Å². The molecule has 0 aromatic heterocycles. The van der Waals surface area contributed by atoms with Gasteiger partial charge in [0.1, 0.15) is 0 Å². The van der Waals surface area contributed by atoms with Crippen LogP contribution in [-0.4, -0.2) is 23.7 Å². The molecule has 1 aromatic rings. The van der Waals surface area contributed by atoms with E-state index in [1.54, 1.807) is 13.0 Å². The van der Waals surface area contributed by atoms with Crippen LogP contribution < -0.4 is 5.32 Å². The molecule has 0 saturated heterocycles. The van der Waals surface area contributed by atoms with E-state index in [-0.39, 0.29) is 18.6 Å². The number of benzene rings is 1. The lowest BCUT2D eigenvalue weighted by Crippen LogP contribution is -2.33. The second-order valence-electron chi connectivity index (χ2n) is 3.78. The summed E-state index contributed by atoms with van der Waals surface area (Å²) < 4.78 is 0. The fourth-order valence-corrected chi connectivity index (χ4v) is 1.28. The number of hydrogen-bond donors (Lipinski definition) is 2. The summed E-state index contributed by atoms with van der Waals surface area (Å²) in [5.74, 6) is -0.190. The molecule has 0 bridgehead atoms. The SMILES string of the molecule is Cc1ccccc1C=CC(=O)N[C@H](C)CO. The summed E-state index contributed by atoms with van der Waals surface area (Å²) >= 11 is 0. The summed E-state index contributed by atoms with van der Waals surface area (Å²) in [4.78, 5) is 11.4. The first kappa shape index (κ1) is 12.5. The highest BCUT2D eigenvalue weighted by atomic mass is 16.3. The molecule has 0 radical (unpaired) electrons. The van der Waals surface area contributed by atoms with Gasteiger partial charge >= 0.3 is 0 Å². The quantitative estimate of drug-likeness (QED) is 0.754. The van der Waals surface area contributed by atoms with Crippen molar-refractivity contribution in [2.24, 2.45) is 0 Å². The van der Waals surface area contributed by atoms with E-state index in [1.807, 2.05) is 31.2 Å². The van der Waals surface area contributed by atoms with Crippen molar-refractivity contribution in [3.05, 3.63) is 41.5 Å². The Morgan fingerprint density at radius 1 is 1.50 bits per heavy atom. The van der Waals surface area contributed by atoms with Crippen molar-refractivity contribution in [3.63, 3.8) is 0 Å². The van der Waals surface area contributed by atoms with E-state index in [1.165, 1.54) is 6.08 Å². The van der Waals surface area contributed by atoms with E-state index in [2.05, 4.69) is 5.32 Å². The van der Waals surface area contributed by atoms with Gasteiger partial charge in [0, 0.05) is 12.1 Å². The summed E-state index contributed by atoms with van der Waals surface area (Å²) in [5, 5.41) is 11.4. The molecule has 2 N–H and O–H groups in total. The van der Waals surface area contributed by atoms with Gasteiger partial charge in [-0.2, -0.15) is 0 Å². The molecular weight excluding hydrogens is 202 g/mol. The monoisotopic (exact) mass is 219 g/mol. The Balaban J connectivity index is 2.60. The zero-order valence-corrected chi connectivity index (χ0v) is 9.60. The van der Waals surface area contributed by atoms with Crippen molar-refractivity contribution < 1.29 is 9.90 Å². The average Bonchev–Trinajstić information content (AvgIpc) is 2.28. The van der Waals surface area contributed by atoms with Crippen LogP contribution in [0.3, 0.4) is 0 Å². The highest BCUT2D eigenvalue weighted by Crippen LogP contribution is 2.08. The Morgan fingerprint density at radius 3 is 2.81 bits per heavy atom. The molecule has 0 unspecified atom stereocenters. The fourth-order valence-electron chi connectivity index (χ4n) is 1.28. The van der Waals surface area contributed by atoms with Crippen LogP contribution in [-0.2, 0) is 4.79 Å². The molecule has 0 saturated carbocycles. The summed E-state index contributed by atoms with van der Waals surface area (Å²) in [6, 6.07) is 7.62. The number of amides is 1. The van der Waals surface area contributed by atoms with Gasteiger partial charge in [-0.3, -0.25) is 4.79 Å². The third-order valence-corrected chi connectivity index (χ3v) is 2.27. The summed E-state index contributed by atoms with van der Waals surface area (Å²) in [6.45, 7) is 3.69. The van der Waals surface area contributed by atoms with Crippen molar-refractivity contribution in [2.75, 3.05) is 6.61 Å². The molecule has 0 spiro atoms. The molecule has 1 atom stereocenters. The Morgan fingerprint density at radius 2 is 2.19 bits per heavy atom. The molecule has 0 aliphatic rings. The Bertz CT molecular complexity index is 385. The van der Waals surface area contributed by atoms with Crippen LogP contribution in [0, 0.1) is 6.92 Å². The number of aliphatic hydroxyl groups excluding tert-OH is 1. The molecule has 0 heterocycles. The molecule has 0 aliphatic carbocycles. The molecule has 0 fully saturated rings. The van der Waals surface area contributed by atoms with Gasteiger partial charge in [0.05, 0.1) is 6.61 Å². The van der Waals surface area contributed by atoms with Crippen LogP contribution in [0.2, 0.25) is 0 Å². The number of carbonyl (C=O) groups excluding carboxylic acids is 1. The van der Waals surface area contributed by atoms with E-state index in [0.29, 0.717) is 0 Å². The largest absolute Gasteiger partial charge is 0.394 e. The van der Waals surface area contributed by atoms with Gasteiger partial charge in [0.25, 0.3) is 0 Å². The minimum absolute atomic E-state index is 0.0516. The number of hydrogen-bond acceptors (Lipinski definition) is 2. The van der Waals surface area contributed by atoms with Gasteiger partial charge < -0.3 is 10.4 Å². The van der Waals surface area contributed by atoms with Gasteiger partial charge in [-0.15, -0.1) is 0 Å². The lowest BCUT2D eigenvalue weighted by Gasteiger charge is -2.07. The summed E-state index contributed by atoms with van der Waals surface area (Å²) in [5.41, 5.74) is 2.15. The predicted molar refractivity (Wildman–Crippen MR) is 64.9 cm³/mol. The predicted octanol–water partition coefficient (Wildman–Crippen LogP) is 1.51. The number of aryl methyl sites for hydroxylation is 1. The fraction of sp³-hybridized carbons (Fsp3) is 0.308. The summed E-state index contributed by atoms with van der Waals surface area (Å²) in [6.07, 6.45) is 3.25. The van der Waals surface area contributed by atoms with Crippen LogP contribution in [0.25, 0.3) is 6.08 Å². The van der Waals surface area contributed by atoms with E-state index in [4.69, 9.17) is 5.11 Å². The van der Waals surface area contributed by atoms with Crippen molar-refractivity contribution >= 4 is 12.0 Å². The van der Waals surface area contributed by atoms with Gasteiger partial charge in [0.15, 0.2) is 0 Å². The molecule has 1 amide bonds. The van der Waals surface area contributed by atoms with Gasteiger partial charge in [-0.1, -0.05) is 24.3 Å². The van der Waals surface area contributed by atoms with E-state index in [9.17, 15) is 4.79 Å². The molecule has 1 rings (SSSR count). The van der Waals surface area contributed by atoms with E-state index >= 15 is 0 Å². The second kappa shape index (κ2) is 6.08. The lowest BCUT2D eigenvalue weighted by molar-refractivity contribution is -0.117. The molecule has 1 aromatic carbocycles. The van der Waals surface area contributed by atoms with Crippen molar-refractivity contribution in [1.82, 2.24) is 5.32 Å². The minimum Gasteiger partial charge on any atom is -0.394 e. The Labute approximate surface area is 95.8 Å². The van der Waals surface area contributed by atoms with Crippen LogP contribution in [0.15, 0.2) is 30.3 Å². The average molecular weight is 219 g/mol. The number of carbonyl (C=O) groups is 1.